The molecule has 0 spiro atoms. The number of ether oxygens (including phenoxy) is 3. The maximum atomic E-state index is 6.16. The topological polar surface area (TPSA) is 64.1 Å². The molecule has 1 fully saturated rings. The van der Waals surface area contributed by atoms with Gasteiger partial charge in [0.25, 0.3) is 0 Å². The number of guanidine groups is 1. The lowest BCUT2D eigenvalue weighted by molar-refractivity contribution is 0.0657. The summed E-state index contributed by atoms with van der Waals surface area (Å²) in [4.78, 5) is 4.37. The molecule has 0 bridgehead atoms. The molecule has 0 saturated carbocycles. The lowest BCUT2D eigenvalue weighted by Gasteiger charge is -2.17. The third-order valence-electron chi connectivity index (χ3n) is 5.43. The molecule has 1 unspecified atom stereocenters. The SMILES string of the molecule is CN=C(NCc1cccc(COC(C)C)c1)NCc1ccc(C)cc1OCC1CCOC1.I. The highest BCUT2D eigenvalue weighted by Crippen LogP contribution is 2.22. The summed E-state index contributed by atoms with van der Waals surface area (Å²) in [6.45, 7) is 10.5. The standard InChI is InChI=1S/C26H37N3O3.HI/c1-19(2)31-17-22-7-5-6-21(13-22)14-28-26(27-4)29-15-24-9-8-20(3)12-25(24)32-18-23-10-11-30-16-23;/h5-9,12-13,19,23H,10-11,14-18H2,1-4H3,(H2,27,28,29);1H. The molecule has 6 nitrogen and oxygen atoms in total. The molecule has 33 heavy (non-hydrogen) atoms. The van der Waals surface area contributed by atoms with Gasteiger partial charge in [0.1, 0.15) is 5.75 Å². The molecular weight excluding hydrogens is 529 g/mol. The van der Waals surface area contributed by atoms with Gasteiger partial charge in [-0.1, -0.05) is 36.4 Å². The fraction of sp³-hybridized carbons (Fsp3) is 0.500. The van der Waals surface area contributed by atoms with Gasteiger partial charge in [0.15, 0.2) is 5.96 Å². The van der Waals surface area contributed by atoms with E-state index in [1.807, 2.05) is 0 Å². The Morgan fingerprint density at radius 1 is 1.12 bits per heavy atom. The van der Waals surface area contributed by atoms with Crippen LogP contribution in [0.4, 0.5) is 0 Å². The summed E-state index contributed by atoms with van der Waals surface area (Å²) in [6, 6.07) is 14.8. The minimum absolute atomic E-state index is 0. The van der Waals surface area contributed by atoms with Crippen LogP contribution < -0.4 is 15.4 Å². The van der Waals surface area contributed by atoms with Crippen LogP contribution in [0.1, 0.15) is 42.5 Å². The fourth-order valence-corrected chi connectivity index (χ4v) is 3.54. The minimum Gasteiger partial charge on any atom is -0.493 e. The van der Waals surface area contributed by atoms with E-state index in [2.05, 4.69) is 78.9 Å². The number of aliphatic imine (C=N–C) groups is 1. The molecule has 7 heteroatoms. The molecule has 1 heterocycles. The smallest absolute Gasteiger partial charge is 0.191 e. The molecule has 2 aromatic carbocycles. The summed E-state index contributed by atoms with van der Waals surface area (Å²) in [5.41, 5.74) is 4.67. The average Bonchev–Trinajstić information content (AvgIpc) is 3.31. The molecule has 2 N–H and O–H groups in total. The van der Waals surface area contributed by atoms with Gasteiger partial charge in [-0.3, -0.25) is 4.99 Å². The monoisotopic (exact) mass is 567 g/mol. The predicted octanol–water partition coefficient (Wildman–Crippen LogP) is 4.82. The van der Waals surface area contributed by atoms with E-state index in [1.54, 1.807) is 7.05 Å². The molecular formula is C26H38IN3O3. The number of hydrogen-bond donors (Lipinski definition) is 2. The first-order valence-electron chi connectivity index (χ1n) is 11.5. The van der Waals surface area contributed by atoms with E-state index in [9.17, 15) is 0 Å². The van der Waals surface area contributed by atoms with E-state index in [4.69, 9.17) is 14.2 Å². The zero-order chi connectivity index (χ0) is 22.8. The third-order valence-corrected chi connectivity index (χ3v) is 5.43. The summed E-state index contributed by atoms with van der Waals surface area (Å²) >= 11 is 0. The molecule has 0 amide bonds. The zero-order valence-corrected chi connectivity index (χ0v) is 22.6. The predicted molar refractivity (Wildman–Crippen MR) is 144 cm³/mol. The van der Waals surface area contributed by atoms with Crippen LogP contribution in [-0.4, -0.2) is 38.9 Å². The molecule has 0 radical (unpaired) electrons. The van der Waals surface area contributed by atoms with Crippen LogP contribution in [0.25, 0.3) is 0 Å². The molecule has 0 aliphatic carbocycles. The van der Waals surface area contributed by atoms with Crippen LogP contribution in [0.5, 0.6) is 5.75 Å². The van der Waals surface area contributed by atoms with Crippen molar-refractivity contribution in [3.8, 4) is 5.75 Å². The first-order chi connectivity index (χ1) is 15.5. The Balaban J connectivity index is 0.00000385. The average molecular weight is 568 g/mol. The van der Waals surface area contributed by atoms with Crippen LogP contribution in [0.15, 0.2) is 47.5 Å². The van der Waals surface area contributed by atoms with Crippen LogP contribution in [0, 0.1) is 12.8 Å². The molecule has 1 aliphatic rings. The Labute approximate surface area is 215 Å². The molecule has 1 aliphatic heterocycles. The number of rotatable bonds is 10. The number of aryl methyl sites for hydroxylation is 1. The van der Waals surface area contributed by atoms with Crippen LogP contribution in [0.2, 0.25) is 0 Å². The van der Waals surface area contributed by atoms with E-state index in [-0.39, 0.29) is 30.1 Å². The molecule has 0 aromatic heterocycles. The Morgan fingerprint density at radius 2 is 1.91 bits per heavy atom. The minimum atomic E-state index is 0. The second kappa shape index (κ2) is 14.4. The highest BCUT2D eigenvalue weighted by molar-refractivity contribution is 14.0. The summed E-state index contributed by atoms with van der Waals surface area (Å²) in [5, 5.41) is 6.80. The van der Waals surface area contributed by atoms with E-state index in [1.165, 1.54) is 16.7 Å². The van der Waals surface area contributed by atoms with Crippen LogP contribution in [-0.2, 0) is 29.2 Å². The first-order valence-corrected chi connectivity index (χ1v) is 11.5. The van der Waals surface area contributed by atoms with Gasteiger partial charge >= 0.3 is 0 Å². The van der Waals surface area contributed by atoms with Gasteiger partial charge < -0.3 is 24.8 Å². The van der Waals surface area contributed by atoms with Crippen LogP contribution in [0.3, 0.4) is 0 Å². The van der Waals surface area contributed by atoms with Gasteiger partial charge in [0, 0.05) is 38.2 Å². The van der Waals surface area contributed by atoms with Gasteiger partial charge in [0.2, 0.25) is 0 Å². The normalized spacial score (nSPS) is 15.9. The van der Waals surface area contributed by atoms with Crippen molar-refractivity contribution in [3.05, 3.63) is 64.7 Å². The van der Waals surface area contributed by atoms with Crippen molar-refractivity contribution in [2.45, 2.75) is 53.0 Å². The number of hydrogen-bond acceptors (Lipinski definition) is 4. The quantitative estimate of drug-likeness (QED) is 0.245. The Morgan fingerprint density at radius 3 is 2.64 bits per heavy atom. The molecule has 1 saturated heterocycles. The molecule has 1 atom stereocenters. The lowest BCUT2D eigenvalue weighted by atomic mass is 10.1. The summed E-state index contributed by atoms with van der Waals surface area (Å²) in [7, 11) is 1.79. The number of benzene rings is 2. The molecule has 182 valence electrons. The van der Waals surface area contributed by atoms with E-state index in [0.717, 1.165) is 36.9 Å². The fourth-order valence-electron chi connectivity index (χ4n) is 3.54. The first kappa shape index (κ1) is 27.4. The van der Waals surface area contributed by atoms with Crippen molar-refractivity contribution >= 4 is 29.9 Å². The Bertz CT molecular complexity index is 883. The van der Waals surface area contributed by atoms with Gasteiger partial charge in [-0.25, -0.2) is 0 Å². The maximum Gasteiger partial charge on any atom is 0.191 e. The summed E-state index contributed by atoms with van der Waals surface area (Å²) in [5.74, 6) is 2.16. The third kappa shape index (κ3) is 9.51. The Kier molecular flexibility index (Phi) is 12.0. The number of halogens is 1. The second-order valence-electron chi connectivity index (χ2n) is 8.61. The molecule has 3 rings (SSSR count). The van der Waals surface area contributed by atoms with Crippen molar-refractivity contribution in [1.29, 1.82) is 0 Å². The lowest BCUT2D eigenvalue weighted by Crippen LogP contribution is -2.36. The Hall–Kier alpha value is -1.84. The highest BCUT2D eigenvalue weighted by Gasteiger charge is 2.17. The van der Waals surface area contributed by atoms with Crippen molar-refractivity contribution in [3.63, 3.8) is 0 Å². The van der Waals surface area contributed by atoms with Crippen LogP contribution >= 0.6 is 24.0 Å². The number of nitrogens with zero attached hydrogens (tertiary/aromatic N) is 1. The van der Waals surface area contributed by atoms with Gasteiger partial charge in [-0.15, -0.1) is 24.0 Å². The largest absolute Gasteiger partial charge is 0.493 e. The maximum absolute atomic E-state index is 6.16. The van der Waals surface area contributed by atoms with E-state index >= 15 is 0 Å². The van der Waals surface area contributed by atoms with Crippen molar-refractivity contribution < 1.29 is 14.2 Å². The van der Waals surface area contributed by atoms with Gasteiger partial charge in [-0.2, -0.15) is 0 Å². The van der Waals surface area contributed by atoms with Crippen molar-refractivity contribution in [2.75, 3.05) is 26.9 Å². The van der Waals surface area contributed by atoms with E-state index in [0.29, 0.717) is 32.2 Å². The number of nitrogens with one attached hydrogen (secondary N) is 2. The van der Waals surface area contributed by atoms with Crippen molar-refractivity contribution in [1.82, 2.24) is 10.6 Å². The summed E-state index contributed by atoms with van der Waals surface area (Å²) in [6.07, 6.45) is 1.29. The van der Waals surface area contributed by atoms with Gasteiger partial charge in [-0.05, 0) is 49.9 Å². The van der Waals surface area contributed by atoms with Crippen molar-refractivity contribution in [2.24, 2.45) is 10.9 Å². The zero-order valence-electron chi connectivity index (χ0n) is 20.2. The highest BCUT2D eigenvalue weighted by atomic mass is 127. The van der Waals surface area contributed by atoms with Gasteiger partial charge in [0.05, 0.1) is 25.9 Å². The van der Waals surface area contributed by atoms with E-state index < -0.39 is 0 Å². The molecule has 2 aromatic rings. The second-order valence-corrected chi connectivity index (χ2v) is 8.61. The summed E-state index contributed by atoms with van der Waals surface area (Å²) < 4.78 is 17.3.